The Kier molecular flexibility index (Phi) is 7.19. The first-order valence-electron chi connectivity index (χ1n) is 11.2. The number of aromatic nitrogens is 2. The number of benzene rings is 1. The van der Waals surface area contributed by atoms with Crippen molar-refractivity contribution in [2.45, 2.75) is 63.3 Å². The molecule has 0 saturated heterocycles. The standard InChI is InChI=1S/C24H30N4O3S2/c1-18(2)14-28-21(13-25-24(28)33(29,30)17-19-7-4-3-5-8-19)15-27(16-22-9-6-12-31-22)23(32)26-20-10-11-20/h3-9,12-13,18,20H,10-11,14-17H2,1-2H3,(H,26,32). The van der Waals surface area contributed by atoms with Gasteiger partial charge in [0, 0.05) is 12.6 Å². The molecule has 0 spiro atoms. The van der Waals surface area contributed by atoms with Crippen LogP contribution in [0.2, 0.25) is 0 Å². The third-order valence-electron chi connectivity index (χ3n) is 5.40. The third kappa shape index (κ3) is 6.23. The van der Waals surface area contributed by atoms with Crippen molar-refractivity contribution in [3.05, 3.63) is 71.9 Å². The molecule has 3 aromatic rings. The van der Waals surface area contributed by atoms with Crippen LogP contribution >= 0.6 is 12.2 Å². The van der Waals surface area contributed by atoms with Gasteiger partial charge >= 0.3 is 0 Å². The summed E-state index contributed by atoms with van der Waals surface area (Å²) in [7, 11) is -3.62. The molecule has 0 radical (unpaired) electrons. The van der Waals surface area contributed by atoms with Crippen molar-refractivity contribution < 1.29 is 12.8 Å². The number of furan rings is 1. The number of thiocarbonyl (C=S) groups is 1. The van der Waals surface area contributed by atoms with Crippen LogP contribution in [0.3, 0.4) is 0 Å². The van der Waals surface area contributed by atoms with Gasteiger partial charge in [-0.15, -0.1) is 0 Å². The van der Waals surface area contributed by atoms with Crippen molar-refractivity contribution in [1.82, 2.24) is 19.8 Å². The molecule has 0 unspecified atom stereocenters. The Hall–Kier alpha value is -2.65. The average molecular weight is 487 g/mol. The minimum Gasteiger partial charge on any atom is -0.467 e. The lowest BCUT2D eigenvalue weighted by Crippen LogP contribution is -2.40. The molecule has 1 fully saturated rings. The topological polar surface area (TPSA) is 80.4 Å². The Bertz CT molecular complexity index is 1170. The van der Waals surface area contributed by atoms with Crippen LogP contribution in [0.4, 0.5) is 0 Å². The molecule has 2 heterocycles. The number of rotatable bonds is 10. The van der Waals surface area contributed by atoms with Crippen LogP contribution in [0.15, 0.2) is 64.5 Å². The Balaban J connectivity index is 1.62. The molecule has 1 aromatic carbocycles. The first kappa shape index (κ1) is 23.5. The second kappa shape index (κ2) is 10.1. The maximum absolute atomic E-state index is 13.3. The summed E-state index contributed by atoms with van der Waals surface area (Å²) in [6.45, 7) is 5.61. The van der Waals surface area contributed by atoms with E-state index in [1.54, 1.807) is 12.5 Å². The molecule has 0 aliphatic heterocycles. The highest BCUT2D eigenvalue weighted by Gasteiger charge is 2.28. The van der Waals surface area contributed by atoms with E-state index >= 15 is 0 Å². The predicted octanol–water partition coefficient (Wildman–Crippen LogP) is 4.15. The first-order chi connectivity index (χ1) is 15.8. The van der Waals surface area contributed by atoms with Gasteiger partial charge in [0.15, 0.2) is 5.11 Å². The molecule has 1 aliphatic rings. The second-order valence-corrected chi connectivity index (χ2v) is 11.2. The largest absolute Gasteiger partial charge is 0.467 e. The molecular weight excluding hydrogens is 456 g/mol. The summed E-state index contributed by atoms with van der Waals surface area (Å²) >= 11 is 5.69. The quantitative estimate of drug-likeness (QED) is 0.431. The van der Waals surface area contributed by atoms with Gasteiger partial charge < -0.3 is 19.2 Å². The van der Waals surface area contributed by atoms with Crippen LogP contribution in [0.25, 0.3) is 0 Å². The van der Waals surface area contributed by atoms with E-state index in [-0.39, 0.29) is 16.8 Å². The molecule has 7 nitrogen and oxygen atoms in total. The lowest BCUT2D eigenvalue weighted by atomic mass is 10.2. The zero-order chi connectivity index (χ0) is 23.4. The molecule has 1 aliphatic carbocycles. The Morgan fingerprint density at radius 2 is 1.97 bits per heavy atom. The summed E-state index contributed by atoms with van der Waals surface area (Å²) in [6.07, 6.45) is 5.53. The highest BCUT2D eigenvalue weighted by atomic mass is 32.2. The molecular formula is C24H30N4O3S2. The first-order valence-corrected chi connectivity index (χ1v) is 13.3. The lowest BCUT2D eigenvalue weighted by Gasteiger charge is -2.26. The monoisotopic (exact) mass is 486 g/mol. The van der Waals surface area contributed by atoms with Crippen LogP contribution in [-0.4, -0.2) is 34.0 Å². The van der Waals surface area contributed by atoms with Crippen molar-refractivity contribution in [1.29, 1.82) is 0 Å². The molecule has 33 heavy (non-hydrogen) atoms. The summed E-state index contributed by atoms with van der Waals surface area (Å²) in [4.78, 5) is 6.39. The Morgan fingerprint density at radius 3 is 2.61 bits per heavy atom. The van der Waals surface area contributed by atoms with Crippen LogP contribution in [0.5, 0.6) is 0 Å². The van der Waals surface area contributed by atoms with E-state index in [1.807, 2.05) is 51.9 Å². The molecule has 2 aromatic heterocycles. The number of imidazole rings is 1. The normalized spacial score (nSPS) is 13.9. The van der Waals surface area contributed by atoms with Gasteiger partial charge in [0.25, 0.3) is 0 Å². The van der Waals surface area contributed by atoms with Crippen molar-refractivity contribution in [2.75, 3.05) is 0 Å². The van der Waals surface area contributed by atoms with Gasteiger partial charge in [-0.3, -0.25) is 0 Å². The van der Waals surface area contributed by atoms with Crippen LogP contribution in [0, 0.1) is 5.92 Å². The van der Waals surface area contributed by atoms with E-state index in [4.69, 9.17) is 16.6 Å². The van der Waals surface area contributed by atoms with E-state index in [1.165, 1.54) is 0 Å². The minimum absolute atomic E-state index is 0.0832. The fourth-order valence-electron chi connectivity index (χ4n) is 3.66. The Labute approximate surface area is 200 Å². The maximum atomic E-state index is 13.3. The fourth-order valence-corrected chi connectivity index (χ4v) is 5.46. The molecule has 0 bridgehead atoms. The zero-order valence-electron chi connectivity index (χ0n) is 19.0. The lowest BCUT2D eigenvalue weighted by molar-refractivity contribution is 0.337. The van der Waals surface area contributed by atoms with Crippen molar-refractivity contribution >= 4 is 27.2 Å². The molecule has 1 saturated carbocycles. The predicted molar refractivity (Wildman–Crippen MR) is 131 cm³/mol. The number of sulfone groups is 1. The summed E-state index contributed by atoms with van der Waals surface area (Å²) in [5, 5.41) is 4.13. The number of nitrogens with zero attached hydrogens (tertiary/aromatic N) is 3. The summed E-state index contributed by atoms with van der Waals surface area (Å²) in [5.41, 5.74) is 1.55. The summed E-state index contributed by atoms with van der Waals surface area (Å²) < 4.78 is 34.0. The van der Waals surface area contributed by atoms with Gasteiger partial charge in [0.2, 0.25) is 15.0 Å². The molecule has 4 rings (SSSR count). The van der Waals surface area contributed by atoms with E-state index in [2.05, 4.69) is 24.1 Å². The maximum Gasteiger partial charge on any atom is 0.228 e. The van der Waals surface area contributed by atoms with E-state index in [0.717, 1.165) is 29.9 Å². The SMILES string of the molecule is CC(C)Cn1c(CN(Cc2ccco2)C(=S)NC2CC2)cnc1S(=O)(=O)Cc1ccccc1. The van der Waals surface area contributed by atoms with Crippen LogP contribution < -0.4 is 5.32 Å². The molecule has 9 heteroatoms. The highest BCUT2D eigenvalue weighted by Crippen LogP contribution is 2.23. The fraction of sp³-hybridized carbons (Fsp3) is 0.417. The van der Waals surface area contributed by atoms with E-state index in [0.29, 0.717) is 30.8 Å². The van der Waals surface area contributed by atoms with E-state index in [9.17, 15) is 8.42 Å². The summed E-state index contributed by atoms with van der Waals surface area (Å²) in [5.74, 6) is 0.959. The van der Waals surface area contributed by atoms with Gasteiger partial charge in [0.05, 0.1) is 37.0 Å². The van der Waals surface area contributed by atoms with E-state index < -0.39 is 9.84 Å². The number of nitrogens with one attached hydrogen (secondary N) is 1. The smallest absolute Gasteiger partial charge is 0.228 e. The molecule has 0 atom stereocenters. The highest BCUT2D eigenvalue weighted by molar-refractivity contribution is 7.90. The zero-order valence-corrected chi connectivity index (χ0v) is 20.6. The van der Waals surface area contributed by atoms with Gasteiger partial charge in [-0.25, -0.2) is 13.4 Å². The number of hydrogen-bond acceptors (Lipinski definition) is 5. The molecule has 1 N–H and O–H groups in total. The summed E-state index contributed by atoms with van der Waals surface area (Å²) in [6, 6.07) is 13.4. The third-order valence-corrected chi connectivity index (χ3v) is 7.37. The molecule has 0 amide bonds. The average Bonchev–Trinajstić information content (AvgIpc) is 3.26. The van der Waals surface area contributed by atoms with Crippen molar-refractivity contribution in [3.8, 4) is 0 Å². The van der Waals surface area contributed by atoms with Gasteiger partial charge in [-0.1, -0.05) is 44.2 Å². The van der Waals surface area contributed by atoms with Crippen LogP contribution in [0.1, 0.15) is 43.7 Å². The van der Waals surface area contributed by atoms with Crippen molar-refractivity contribution in [2.24, 2.45) is 5.92 Å². The minimum atomic E-state index is -3.62. The molecule has 176 valence electrons. The van der Waals surface area contributed by atoms with Gasteiger partial charge in [-0.2, -0.15) is 0 Å². The van der Waals surface area contributed by atoms with Crippen molar-refractivity contribution in [3.63, 3.8) is 0 Å². The Morgan fingerprint density at radius 1 is 1.21 bits per heavy atom. The number of hydrogen-bond donors (Lipinski definition) is 1. The second-order valence-electron chi connectivity index (χ2n) is 8.94. The van der Waals surface area contributed by atoms with Gasteiger partial charge in [-0.05, 0) is 48.7 Å². The van der Waals surface area contributed by atoms with Gasteiger partial charge in [0.1, 0.15) is 5.76 Å². The van der Waals surface area contributed by atoms with Crippen LogP contribution in [-0.2, 0) is 35.2 Å².